The Labute approximate surface area is 199 Å². The number of benzene rings is 1. The Morgan fingerprint density at radius 2 is 1.48 bits per heavy atom. The van der Waals surface area contributed by atoms with Gasteiger partial charge in [-0.15, -0.1) is 0 Å². The molecular weight excluding hydrogens is 499 g/mol. The Balaban J connectivity index is 3.37. The first kappa shape index (κ1) is 28.5. The molecule has 0 radical (unpaired) electrons. The average Bonchev–Trinajstić information content (AvgIpc) is 2.76. The first-order valence-electron chi connectivity index (χ1n) is 12.6. The van der Waals surface area contributed by atoms with E-state index >= 15 is 0 Å². The zero-order valence-corrected chi connectivity index (χ0v) is 25.2. The Bertz CT molecular complexity index is 647. The van der Waals surface area contributed by atoms with Crippen LogP contribution in [0.1, 0.15) is 71.0 Å². The molecular formula is C28H48OSiSn. The number of allylic oxidation sites excluding steroid dienone is 1. The summed E-state index contributed by atoms with van der Waals surface area (Å²) >= 11 is -2.28. The molecule has 1 aromatic carbocycles. The van der Waals surface area contributed by atoms with E-state index in [0.717, 1.165) is 0 Å². The van der Waals surface area contributed by atoms with Crippen LogP contribution in [-0.4, -0.2) is 33.1 Å². The minimum absolute atomic E-state index is 0.0218. The zero-order chi connectivity index (χ0) is 23.2. The van der Waals surface area contributed by atoms with E-state index < -0.39 is 26.5 Å². The van der Waals surface area contributed by atoms with Gasteiger partial charge in [0.25, 0.3) is 0 Å². The third-order valence-corrected chi connectivity index (χ3v) is 25.2. The second kappa shape index (κ2) is 15.4. The van der Waals surface area contributed by atoms with Crippen molar-refractivity contribution in [1.82, 2.24) is 0 Å². The van der Waals surface area contributed by atoms with Crippen LogP contribution in [0.2, 0.25) is 37.4 Å². The topological polar surface area (TPSA) is 9.23 Å². The van der Waals surface area contributed by atoms with Gasteiger partial charge in [-0.2, -0.15) is 0 Å². The molecule has 0 aliphatic rings. The SMILES string of the molecule is C#CCOC(/C=C(/[CH2][Sn]([CH2]CCC)([CH2]CCC)[CH2]CCC)[Si](C)(C)C)c1ccccc1. The van der Waals surface area contributed by atoms with Crippen LogP contribution in [0, 0.1) is 12.3 Å². The van der Waals surface area contributed by atoms with Crippen LogP contribution < -0.4 is 0 Å². The van der Waals surface area contributed by atoms with Crippen molar-refractivity contribution in [2.24, 2.45) is 0 Å². The number of hydrogen-bond donors (Lipinski definition) is 0. The Hall–Kier alpha value is -0.504. The van der Waals surface area contributed by atoms with Crippen molar-refractivity contribution >= 4 is 26.5 Å². The van der Waals surface area contributed by atoms with Gasteiger partial charge in [0.15, 0.2) is 0 Å². The summed E-state index contributed by atoms with van der Waals surface area (Å²) < 4.78 is 12.3. The minimum atomic E-state index is -2.28. The van der Waals surface area contributed by atoms with Gasteiger partial charge in [0.05, 0.1) is 0 Å². The molecule has 0 N–H and O–H groups in total. The predicted octanol–water partition coefficient (Wildman–Crippen LogP) is 9.03. The van der Waals surface area contributed by atoms with Crippen LogP contribution in [0.5, 0.6) is 0 Å². The number of terminal acetylenes is 1. The third kappa shape index (κ3) is 10.8. The van der Waals surface area contributed by atoms with Crippen LogP contribution in [0.4, 0.5) is 0 Å². The standard InChI is InChI=1S/C16H21OSi.3C4H9.Sn/c1-6-12-17-16(13-14(2)18(3,4)5)15-10-8-7-9-11-15;3*1-3-4-2;/h1,7-11,13,16H,2,12H2,3-5H3;3*1,3-4H2,2H3;/b14-13-;;;;. The second-order valence-corrected chi connectivity index (χ2v) is 29.3. The Morgan fingerprint density at radius 1 is 0.968 bits per heavy atom. The fourth-order valence-electron chi connectivity index (χ4n) is 4.48. The summed E-state index contributed by atoms with van der Waals surface area (Å²) in [6.45, 7) is 15.0. The zero-order valence-electron chi connectivity index (χ0n) is 21.3. The molecule has 1 rings (SSSR count). The molecule has 0 aromatic heterocycles. The molecule has 1 unspecified atom stereocenters. The van der Waals surface area contributed by atoms with Crippen LogP contribution in [0.25, 0.3) is 0 Å². The van der Waals surface area contributed by atoms with Crippen molar-refractivity contribution in [2.75, 3.05) is 6.61 Å². The molecule has 1 nitrogen and oxygen atoms in total. The number of hydrogen-bond acceptors (Lipinski definition) is 1. The van der Waals surface area contributed by atoms with Gasteiger partial charge in [0.2, 0.25) is 0 Å². The molecule has 1 atom stereocenters. The molecule has 0 spiro atoms. The van der Waals surface area contributed by atoms with Crippen LogP contribution in [-0.2, 0) is 4.74 Å². The summed E-state index contributed by atoms with van der Waals surface area (Å²) in [4.78, 5) is 0. The molecule has 0 saturated heterocycles. The van der Waals surface area contributed by atoms with Crippen molar-refractivity contribution in [3.63, 3.8) is 0 Å². The van der Waals surface area contributed by atoms with Crippen molar-refractivity contribution < 1.29 is 4.74 Å². The fourth-order valence-corrected chi connectivity index (χ4v) is 28.5. The second-order valence-electron chi connectivity index (χ2n) is 10.3. The average molecular weight is 547 g/mol. The van der Waals surface area contributed by atoms with E-state index in [0.29, 0.717) is 6.61 Å². The molecule has 0 fully saturated rings. The molecule has 1 aromatic rings. The quantitative estimate of drug-likeness (QED) is 0.148. The van der Waals surface area contributed by atoms with E-state index in [1.807, 2.05) is 0 Å². The van der Waals surface area contributed by atoms with Crippen molar-refractivity contribution in [2.45, 2.75) is 103 Å². The summed E-state index contributed by atoms with van der Waals surface area (Å²) in [6, 6.07) is 10.7. The van der Waals surface area contributed by atoms with E-state index in [4.69, 9.17) is 11.2 Å². The summed E-state index contributed by atoms with van der Waals surface area (Å²) in [7, 11) is -1.47. The summed E-state index contributed by atoms with van der Waals surface area (Å²) in [5.74, 6) is 2.68. The van der Waals surface area contributed by atoms with E-state index in [1.54, 1.807) is 18.5 Å². The van der Waals surface area contributed by atoms with Gasteiger partial charge < -0.3 is 0 Å². The maximum absolute atomic E-state index is 6.19. The summed E-state index contributed by atoms with van der Waals surface area (Å²) in [5.41, 5.74) is 1.23. The molecule has 0 amide bonds. The molecule has 174 valence electrons. The van der Waals surface area contributed by atoms with Crippen molar-refractivity contribution in [1.29, 1.82) is 0 Å². The molecule has 0 saturated carbocycles. The predicted molar refractivity (Wildman–Crippen MR) is 145 cm³/mol. The number of unbranched alkanes of at least 4 members (excludes halogenated alkanes) is 3. The van der Waals surface area contributed by atoms with Gasteiger partial charge in [-0.1, -0.05) is 0 Å². The first-order chi connectivity index (χ1) is 14.8. The normalized spacial score (nSPS) is 13.8. The summed E-state index contributed by atoms with van der Waals surface area (Å²) in [6.07, 6.45) is 16.3. The maximum atomic E-state index is 6.19. The van der Waals surface area contributed by atoms with E-state index in [1.165, 1.54) is 48.5 Å². The first-order valence-corrected chi connectivity index (χ1v) is 24.2. The third-order valence-electron chi connectivity index (χ3n) is 6.54. The van der Waals surface area contributed by atoms with E-state index in [-0.39, 0.29) is 6.10 Å². The monoisotopic (exact) mass is 548 g/mol. The molecule has 0 bridgehead atoms. The van der Waals surface area contributed by atoms with Crippen molar-refractivity contribution in [3.8, 4) is 12.3 Å². The fraction of sp³-hybridized carbons (Fsp3) is 0.643. The van der Waals surface area contributed by atoms with E-state index in [9.17, 15) is 0 Å². The van der Waals surface area contributed by atoms with Crippen LogP contribution in [0.3, 0.4) is 0 Å². The Morgan fingerprint density at radius 3 is 1.90 bits per heavy atom. The molecule has 0 heterocycles. The molecule has 0 aliphatic carbocycles. The molecule has 0 aliphatic heterocycles. The summed E-state index contributed by atoms with van der Waals surface area (Å²) in [5, 5.41) is 1.75. The molecule has 31 heavy (non-hydrogen) atoms. The number of ether oxygens (including phenoxy) is 1. The van der Waals surface area contributed by atoms with Crippen LogP contribution in [0.15, 0.2) is 41.6 Å². The van der Waals surface area contributed by atoms with Gasteiger partial charge in [-0.25, -0.2) is 0 Å². The van der Waals surface area contributed by atoms with E-state index in [2.05, 4.69) is 82.7 Å². The van der Waals surface area contributed by atoms with Gasteiger partial charge in [-0.3, -0.25) is 0 Å². The van der Waals surface area contributed by atoms with Crippen molar-refractivity contribution in [3.05, 3.63) is 47.2 Å². The van der Waals surface area contributed by atoms with Gasteiger partial charge in [-0.05, 0) is 0 Å². The van der Waals surface area contributed by atoms with Gasteiger partial charge in [0, 0.05) is 0 Å². The Kier molecular flexibility index (Phi) is 14.1. The van der Waals surface area contributed by atoms with Gasteiger partial charge >= 0.3 is 200 Å². The van der Waals surface area contributed by atoms with Crippen LogP contribution >= 0.6 is 0 Å². The molecule has 3 heteroatoms. The number of rotatable bonds is 16. The van der Waals surface area contributed by atoms with Gasteiger partial charge in [0.1, 0.15) is 0 Å².